The van der Waals surface area contributed by atoms with Gasteiger partial charge in [0.25, 0.3) is 11.8 Å². The Hall–Kier alpha value is -5.19. The molecule has 1 saturated carbocycles. The molecule has 52 heavy (non-hydrogen) atoms. The molecule has 0 bridgehead atoms. The highest BCUT2D eigenvalue weighted by molar-refractivity contribution is 6.58. The maximum atomic E-state index is 14.6. The first-order chi connectivity index (χ1) is 25.0. The zero-order valence-corrected chi connectivity index (χ0v) is 29.3. The second-order valence-corrected chi connectivity index (χ2v) is 14.7. The number of amides is 4. The number of nitrogens with one attached hydrogen (secondary N) is 1. The van der Waals surface area contributed by atoms with Crippen molar-refractivity contribution in [3.63, 3.8) is 0 Å². The van der Waals surface area contributed by atoms with Gasteiger partial charge in [0.05, 0.1) is 29.8 Å². The van der Waals surface area contributed by atoms with Gasteiger partial charge in [-0.15, -0.1) is 23.2 Å². The van der Waals surface area contributed by atoms with Gasteiger partial charge in [0.1, 0.15) is 5.82 Å². The lowest BCUT2D eigenvalue weighted by Gasteiger charge is -2.50. The molecule has 2 aliphatic heterocycles. The van der Waals surface area contributed by atoms with Crippen LogP contribution in [0.5, 0.6) is 11.5 Å². The van der Waals surface area contributed by atoms with E-state index in [0.29, 0.717) is 11.3 Å². The summed E-state index contributed by atoms with van der Waals surface area (Å²) in [5, 5.41) is 14.9. The van der Waals surface area contributed by atoms with Gasteiger partial charge in [-0.25, -0.2) is 9.29 Å². The van der Waals surface area contributed by atoms with Crippen LogP contribution in [0.1, 0.15) is 31.2 Å². The SMILES string of the molecule is CCOc1cccc([C@H]2C3=CC[C@@H]4C(=O)N(c5ccc(Nc6ccccc6)cc5)C(=O)[C@@H]4[C@@H]3C[C@@]3(Cl)C(=O)N(c4ccc(F)cc4)C(=O)[C@@]23Cl)c1O. The smallest absolute Gasteiger partial charge is 0.258 e. The number of hydrogen-bond donors (Lipinski definition) is 2. The van der Waals surface area contributed by atoms with E-state index < -0.39 is 57.0 Å². The number of allylic oxidation sites excluding steroid dienone is 2. The van der Waals surface area contributed by atoms with E-state index in [1.807, 2.05) is 30.3 Å². The summed E-state index contributed by atoms with van der Waals surface area (Å²) in [4.78, 5) is 55.3. The number of benzene rings is 4. The van der Waals surface area contributed by atoms with Gasteiger partial charge in [0.15, 0.2) is 21.2 Å². The zero-order valence-electron chi connectivity index (χ0n) is 27.8. The van der Waals surface area contributed by atoms with Gasteiger partial charge >= 0.3 is 0 Å². The lowest BCUT2D eigenvalue weighted by molar-refractivity contribution is -0.125. The minimum Gasteiger partial charge on any atom is -0.504 e. The summed E-state index contributed by atoms with van der Waals surface area (Å²) < 4.78 is 19.6. The molecule has 2 heterocycles. The van der Waals surface area contributed by atoms with Crippen molar-refractivity contribution in [2.45, 2.75) is 35.4 Å². The predicted octanol–water partition coefficient (Wildman–Crippen LogP) is 7.44. The van der Waals surface area contributed by atoms with Crippen LogP contribution in [0.3, 0.4) is 0 Å². The zero-order chi connectivity index (χ0) is 36.5. The summed E-state index contributed by atoms with van der Waals surface area (Å²) in [6, 6.07) is 26.1. The molecule has 6 atom stereocenters. The molecule has 0 radical (unpaired) electrons. The number of hydrogen-bond acceptors (Lipinski definition) is 7. The lowest BCUT2D eigenvalue weighted by atomic mass is 9.56. The molecule has 2 saturated heterocycles. The molecule has 2 aliphatic carbocycles. The van der Waals surface area contributed by atoms with Crippen molar-refractivity contribution in [1.29, 1.82) is 0 Å². The fraction of sp³-hybridized carbons (Fsp3) is 0.250. The highest BCUT2D eigenvalue weighted by atomic mass is 35.5. The van der Waals surface area contributed by atoms with Gasteiger partial charge in [-0.05, 0) is 92.4 Å². The summed E-state index contributed by atoms with van der Waals surface area (Å²) in [6.07, 6.45) is 1.70. The number of ether oxygens (including phenoxy) is 1. The Kier molecular flexibility index (Phi) is 8.15. The molecule has 3 fully saturated rings. The number of carbonyl (C=O) groups is 4. The molecule has 0 unspecified atom stereocenters. The number of anilines is 4. The predicted molar refractivity (Wildman–Crippen MR) is 195 cm³/mol. The summed E-state index contributed by atoms with van der Waals surface area (Å²) in [5.74, 6) is -7.02. The molecule has 264 valence electrons. The Balaban J connectivity index is 1.22. The highest BCUT2D eigenvalue weighted by Gasteiger charge is 2.77. The highest BCUT2D eigenvalue weighted by Crippen LogP contribution is 2.67. The first-order valence-corrected chi connectivity index (χ1v) is 17.7. The van der Waals surface area contributed by atoms with Crippen molar-refractivity contribution in [2.24, 2.45) is 17.8 Å². The second-order valence-electron chi connectivity index (χ2n) is 13.4. The third-order valence-corrected chi connectivity index (χ3v) is 12.1. The van der Waals surface area contributed by atoms with Crippen LogP contribution in [0.2, 0.25) is 0 Å². The quantitative estimate of drug-likeness (QED) is 0.115. The number of para-hydroxylation sites is 2. The van der Waals surface area contributed by atoms with Gasteiger partial charge in [0.2, 0.25) is 11.8 Å². The Morgan fingerprint density at radius 3 is 2.15 bits per heavy atom. The monoisotopic (exact) mass is 739 g/mol. The van der Waals surface area contributed by atoms with Crippen molar-refractivity contribution < 1.29 is 33.4 Å². The molecule has 9 nitrogen and oxygen atoms in total. The third-order valence-electron chi connectivity index (χ3n) is 10.7. The van der Waals surface area contributed by atoms with Gasteiger partial charge in [-0.2, -0.15) is 0 Å². The molecule has 12 heteroatoms. The van der Waals surface area contributed by atoms with Crippen molar-refractivity contribution in [2.75, 3.05) is 21.7 Å². The number of phenolic OH excluding ortho intramolecular Hbond substituents is 1. The van der Waals surface area contributed by atoms with Gasteiger partial charge in [-0.1, -0.05) is 42.0 Å². The molecule has 4 aromatic carbocycles. The largest absolute Gasteiger partial charge is 0.504 e. The van der Waals surface area contributed by atoms with Gasteiger partial charge < -0.3 is 15.2 Å². The first-order valence-electron chi connectivity index (χ1n) is 17.0. The van der Waals surface area contributed by atoms with Crippen molar-refractivity contribution in [1.82, 2.24) is 0 Å². The summed E-state index contributed by atoms with van der Waals surface area (Å²) in [5.41, 5.74) is 2.79. The number of halogens is 3. The van der Waals surface area contributed by atoms with E-state index in [1.54, 1.807) is 55.5 Å². The van der Waals surface area contributed by atoms with Crippen LogP contribution in [0.15, 0.2) is 109 Å². The number of fused-ring (bicyclic) bond motifs is 4. The minimum atomic E-state index is -2.19. The number of imide groups is 2. The number of alkyl halides is 2. The standard InChI is InChI=1S/C40H32Cl2FN3O6/c1-2-52-31-10-6-9-29(34(31)47)33-27-19-20-28-32(36(49)45(35(28)48)25-17-13-24(14-18-25)44-23-7-4-3-5-8-23)30(27)21-39(41)37(50)46(38(51)40(33,39)42)26-15-11-22(43)12-16-26/h3-19,28,30,32-33,44,47H,2,20-21H2,1H3/t28-,30+,32-,33+,39+,40-/m0/s1. The lowest BCUT2D eigenvalue weighted by Crippen LogP contribution is -2.60. The van der Waals surface area contributed by atoms with Gasteiger partial charge in [-0.3, -0.25) is 24.1 Å². The molecule has 4 amide bonds. The second kappa shape index (κ2) is 12.5. The molecular formula is C40H32Cl2FN3O6. The Morgan fingerprint density at radius 1 is 0.808 bits per heavy atom. The van der Waals surface area contributed by atoms with Crippen LogP contribution in [0.4, 0.5) is 27.1 Å². The number of rotatable bonds is 7. The molecule has 0 aromatic heterocycles. The Bertz CT molecular complexity index is 2160. The van der Waals surface area contributed by atoms with Gasteiger partial charge in [0, 0.05) is 22.9 Å². The minimum absolute atomic E-state index is 0.0650. The van der Waals surface area contributed by atoms with E-state index in [4.69, 9.17) is 27.9 Å². The van der Waals surface area contributed by atoms with Crippen LogP contribution in [-0.4, -0.2) is 45.1 Å². The number of nitrogens with zero attached hydrogens (tertiary/aromatic N) is 2. The average molecular weight is 741 g/mol. The van der Waals surface area contributed by atoms with E-state index in [1.165, 1.54) is 17.0 Å². The van der Waals surface area contributed by atoms with E-state index >= 15 is 0 Å². The van der Waals surface area contributed by atoms with E-state index in [9.17, 15) is 28.7 Å². The molecule has 4 aliphatic rings. The van der Waals surface area contributed by atoms with E-state index in [0.717, 1.165) is 28.4 Å². The maximum Gasteiger partial charge on any atom is 0.258 e. The average Bonchev–Trinajstić information content (AvgIpc) is 3.48. The molecule has 8 rings (SSSR count). The van der Waals surface area contributed by atoms with Crippen LogP contribution in [0.25, 0.3) is 0 Å². The Morgan fingerprint density at radius 2 is 1.46 bits per heavy atom. The Labute approximate surface area is 308 Å². The fourth-order valence-corrected chi connectivity index (χ4v) is 9.35. The third kappa shape index (κ3) is 4.88. The van der Waals surface area contributed by atoms with Crippen molar-refractivity contribution >= 4 is 69.6 Å². The molecule has 0 spiro atoms. The van der Waals surface area contributed by atoms with Crippen molar-refractivity contribution in [3.8, 4) is 11.5 Å². The summed E-state index contributed by atoms with van der Waals surface area (Å²) in [7, 11) is 0. The van der Waals surface area contributed by atoms with Crippen LogP contribution < -0.4 is 19.9 Å². The van der Waals surface area contributed by atoms with Crippen molar-refractivity contribution in [3.05, 3.63) is 120 Å². The van der Waals surface area contributed by atoms with Crippen LogP contribution in [0, 0.1) is 23.6 Å². The topological polar surface area (TPSA) is 116 Å². The normalized spacial score (nSPS) is 28.0. The molecular weight excluding hydrogens is 708 g/mol. The summed E-state index contributed by atoms with van der Waals surface area (Å²) in [6.45, 7) is 1.98. The van der Waals surface area contributed by atoms with Crippen LogP contribution >= 0.6 is 23.2 Å². The summed E-state index contributed by atoms with van der Waals surface area (Å²) >= 11 is 14.9. The number of aromatic hydroxyl groups is 1. The number of carbonyl (C=O) groups excluding carboxylic acids is 4. The van der Waals surface area contributed by atoms with E-state index in [-0.39, 0.29) is 48.1 Å². The number of phenols is 1. The first kappa shape index (κ1) is 33.9. The van der Waals surface area contributed by atoms with E-state index in [2.05, 4.69) is 5.32 Å². The van der Waals surface area contributed by atoms with Crippen LogP contribution in [-0.2, 0) is 19.2 Å². The molecule has 2 N–H and O–H groups in total. The molecule has 4 aromatic rings. The fourth-order valence-electron chi connectivity index (χ4n) is 8.42. The maximum absolute atomic E-state index is 14.6.